The lowest BCUT2D eigenvalue weighted by atomic mass is 10.1. The van der Waals surface area contributed by atoms with E-state index < -0.39 is 5.97 Å². The highest BCUT2D eigenvalue weighted by atomic mass is 16.4. The first-order valence-corrected chi connectivity index (χ1v) is 6.16. The molecule has 0 aliphatic rings. The lowest BCUT2D eigenvalue weighted by Crippen LogP contribution is -2.28. The highest BCUT2D eigenvalue weighted by Crippen LogP contribution is 2.04. The number of aliphatic carboxylic acids is 1. The summed E-state index contributed by atoms with van der Waals surface area (Å²) in [6.45, 7) is 4.40. The second-order valence-corrected chi connectivity index (χ2v) is 4.71. The van der Waals surface area contributed by atoms with Crippen LogP contribution in [-0.4, -0.2) is 29.6 Å². The quantitative estimate of drug-likeness (QED) is 0.566. The van der Waals surface area contributed by atoms with Crippen molar-refractivity contribution < 1.29 is 14.7 Å². The van der Waals surface area contributed by atoms with Gasteiger partial charge in [0.25, 0.3) is 0 Å². The molecule has 100 valence electrons. The van der Waals surface area contributed by atoms with E-state index in [9.17, 15) is 9.59 Å². The van der Waals surface area contributed by atoms with Gasteiger partial charge in [-0.2, -0.15) is 0 Å². The number of hydrogen-bond acceptors (Lipinski definition) is 3. The number of carboxylic acid groups (broad SMARTS) is 1. The van der Waals surface area contributed by atoms with Gasteiger partial charge in [-0.25, -0.2) is 0 Å². The number of nitrogens with two attached hydrogens (primary N) is 1. The Kier molecular flexibility index (Phi) is 8.40. The predicted octanol–water partition coefficient (Wildman–Crippen LogP) is 1.12. The minimum absolute atomic E-state index is 0.0211. The van der Waals surface area contributed by atoms with Gasteiger partial charge in [-0.15, -0.1) is 0 Å². The highest BCUT2D eigenvalue weighted by Gasteiger charge is 2.07. The van der Waals surface area contributed by atoms with Crippen molar-refractivity contribution in [2.75, 3.05) is 6.54 Å². The fourth-order valence-corrected chi connectivity index (χ4v) is 1.43. The van der Waals surface area contributed by atoms with Crippen molar-refractivity contribution in [2.45, 2.75) is 52.0 Å². The SMILES string of the molecule is CC(N)CCCC(=O)NCC(C)CCC(=O)O. The molecule has 0 radical (unpaired) electrons. The number of carbonyl (C=O) groups is 2. The predicted molar refractivity (Wildman–Crippen MR) is 66.5 cm³/mol. The average Bonchev–Trinajstić information content (AvgIpc) is 2.23. The summed E-state index contributed by atoms with van der Waals surface area (Å²) >= 11 is 0. The molecule has 1 amide bonds. The van der Waals surface area contributed by atoms with E-state index in [1.807, 2.05) is 13.8 Å². The molecule has 5 nitrogen and oxygen atoms in total. The molecule has 0 aliphatic heterocycles. The normalized spacial score (nSPS) is 14.1. The minimum atomic E-state index is -0.792. The van der Waals surface area contributed by atoms with Crippen LogP contribution in [0.3, 0.4) is 0 Å². The third-order valence-corrected chi connectivity index (χ3v) is 2.56. The second-order valence-electron chi connectivity index (χ2n) is 4.71. The monoisotopic (exact) mass is 244 g/mol. The average molecular weight is 244 g/mol. The summed E-state index contributed by atoms with van der Waals surface area (Å²) < 4.78 is 0. The van der Waals surface area contributed by atoms with E-state index in [0.29, 0.717) is 19.4 Å². The molecular weight excluding hydrogens is 220 g/mol. The maximum Gasteiger partial charge on any atom is 0.303 e. The first kappa shape index (κ1) is 15.9. The molecule has 0 saturated carbocycles. The molecule has 2 unspecified atom stereocenters. The van der Waals surface area contributed by atoms with Gasteiger partial charge in [-0.3, -0.25) is 9.59 Å². The number of hydrogen-bond donors (Lipinski definition) is 3. The molecule has 0 aromatic heterocycles. The van der Waals surface area contributed by atoms with Crippen LogP contribution in [0, 0.1) is 5.92 Å². The molecule has 4 N–H and O–H groups in total. The summed E-state index contributed by atoms with van der Waals surface area (Å²) in [5.41, 5.74) is 5.58. The van der Waals surface area contributed by atoms with Crippen LogP contribution in [0.4, 0.5) is 0 Å². The molecular formula is C12H24N2O3. The van der Waals surface area contributed by atoms with Gasteiger partial charge in [0.2, 0.25) is 5.91 Å². The molecule has 0 spiro atoms. The van der Waals surface area contributed by atoms with Gasteiger partial charge in [0.15, 0.2) is 0 Å². The zero-order valence-electron chi connectivity index (χ0n) is 10.7. The smallest absolute Gasteiger partial charge is 0.303 e. The van der Waals surface area contributed by atoms with Gasteiger partial charge in [0, 0.05) is 25.4 Å². The van der Waals surface area contributed by atoms with Crippen molar-refractivity contribution in [3.05, 3.63) is 0 Å². The van der Waals surface area contributed by atoms with E-state index in [2.05, 4.69) is 5.32 Å². The van der Waals surface area contributed by atoms with E-state index in [1.165, 1.54) is 0 Å². The van der Waals surface area contributed by atoms with Crippen LogP contribution in [0.5, 0.6) is 0 Å². The third-order valence-electron chi connectivity index (χ3n) is 2.56. The molecule has 0 rings (SSSR count). The molecule has 5 heteroatoms. The van der Waals surface area contributed by atoms with E-state index in [1.54, 1.807) is 0 Å². The topological polar surface area (TPSA) is 92.4 Å². The summed E-state index contributed by atoms with van der Waals surface area (Å²) in [6, 6.07) is 0.136. The molecule has 0 bridgehead atoms. The summed E-state index contributed by atoms with van der Waals surface area (Å²) in [7, 11) is 0. The van der Waals surface area contributed by atoms with Crippen LogP contribution in [0.25, 0.3) is 0 Å². The van der Waals surface area contributed by atoms with Crippen molar-refractivity contribution >= 4 is 11.9 Å². The lowest BCUT2D eigenvalue weighted by molar-refractivity contribution is -0.137. The number of nitrogens with one attached hydrogen (secondary N) is 1. The number of rotatable bonds is 9. The molecule has 0 fully saturated rings. The van der Waals surface area contributed by atoms with Crippen molar-refractivity contribution in [2.24, 2.45) is 11.7 Å². The molecule has 0 aromatic carbocycles. The highest BCUT2D eigenvalue weighted by molar-refractivity contribution is 5.75. The van der Waals surface area contributed by atoms with Crippen LogP contribution in [-0.2, 0) is 9.59 Å². The standard InChI is InChI=1S/C12H24N2O3/c1-9(6-7-12(16)17)8-14-11(15)5-3-4-10(2)13/h9-10H,3-8,13H2,1-2H3,(H,14,15)(H,16,17). The van der Waals surface area contributed by atoms with Crippen LogP contribution < -0.4 is 11.1 Å². The largest absolute Gasteiger partial charge is 0.481 e. The first-order chi connectivity index (χ1) is 7.91. The Morgan fingerprint density at radius 1 is 1.24 bits per heavy atom. The van der Waals surface area contributed by atoms with Crippen molar-refractivity contribution in [3.8, 4) is 0 Å². The number of amides is 1. The van der Waals surface area contributed by atoms with Gasteiger partial charge >= 0.3 is 5.97 Å². The van der Waals surface area contributed by atoms with Crippen molar-refractivity contribution in [3.63, 3.8) is 0 Å². The maximum absolute atomic E-state index is 11.4. The van der Waals surface area contributed by atoms with Crippen LogP contribution >= 0.6 is 0 Å². The molecule has 0 heterocycles. The van der Waals surface area contributed by atoms with E-state index in [-0.39, 0.29) is 24.3 Å². The van der Waals surface area contributed by atoms with E-state index in [4.69, 9.17) is 10.8 Å². The van der Waals surface area contributed by atoms with Gasteiger partial charge < -0.3 is 16.2 Å². The maximum atomic E-state index is 11.4. The van der Waals surface area contributed by atoms with Gasteiger partial charge in [0.05, 0.1) is 0 Å². The zero-order chi connectivity index (χ0) is 13.3. The van der Waals surface area contributed by atoms with Crippen LogP contribution in [0.15, 0.2) is 0 Å². The van der Waals surface area contributed by atoms with Crippen LogP contribution in [0.2, 0.25) is 0 Å². The minimum Gasteiger partial charge on any atom is -0.481 e. The Morgan fingerprint density at radius 2 is 1.88 bits per heavy atom. The van der Waals surface area contributed by atoms with Crippen molar-refractivity contribution in [1.29, 1.82) is 0 Å². The summed E-state index contributed by atoms with van der Waals surface area (Å²) in [5.74, 6) is -0.573. The van der Waals surface area contributed by atoms with Gasteiger partial charge in [-0.05, 0) is 32.1 Å². The summed E-state index contributed by atoms with van der Waals surface area (Å²) in [6.07, 6.45) is 2.89. The van der Waals surface area contributed by atoms with Gasteiger partial charge in [-0.1, -0.05) is 6.92 Å². The molecule has 2 atom stereocenters. The second kappa shape index (κ2) is 8.98. The Balaban J connectivity index is 3.52. The Hall–Kier alpha value is -1.10. The molecule has 0 aromatic rings. The Morgan fingerprint density at radius 3 is 2.41 bits per heavy atom. The molecule has 0 aliphatic carbocycles. The van der Waals surface area contributed by atoms with E-state index in [0.717, 1.165) is 12.8 Å². The lowest BCUT2D eigenvalue weighted by Gasteiger charge is -2.11. The summed E-state index contributed by atoms with van der Waals surface area (Å²) in [5, 5.41) is 11.3. The summed E-state index contributed by atoms with van der Waals surface area (Å²) in [4.78, 5) is 21.7. The van der Waals surface area contributed by atoms with Crippen LogP contribution in [0.1, 0.15) is 46.0 Å². The Bertz CT molecular complexity index is 242. The van der Waals surface area contributed by atoms with Gasteiger partial charge in [0.1, 0.15) is 0 Å². The zero-order valence-corrected chi connectivity index (χ0v) is 10.7. The molecule has 0 saturated heterocycles. The molecule has 17 heavy (non-hydrogen) atoms. The van der Waals surface area contributed by atoms with Crippen molar-refractivity contribution in [1.82, 2.24) is 5.32 Å². The van der Waals surface area contributed by atoms with E-state index >= 15 is 0 Å². The number of carboxylic acids is 1. The fourth-order valence-electron chi connectivity index (χ4n) is 1.43. The first-order valence-electron chi connectivity index (χ1n) is 6.16. The fraction of sp³-hybridized carbons (Fsp3) is 0.833. The Labute approximate surface area is 103 Å². The third kappa shape index (κ3) is 11.2. The number of carbonyl (C=O) groups excluding carboxylic acids is 1.